The molecule has 0 spiro atoms. The zero-order chi connectivity index (χ0) is 22.1. The molecule has 5 nitrogen and oxygen atoms in total. The normalized spacial score (nSPS) is 20.3. The molecule has 32 heavy (non-hydrogen) atoms. The number of fused-ring (bicyclic) bond motifs is 1. The number of para-hydroxylation sites is 2. The predicted octanol–water partition coefficient (Wildman–Crippen LogP) is 5.35. The van der Waals surface area contributed by atoms with E-state index >= 15 is 0 Å². The first kappa shape index (κ1) is 21.2. The van der Waals surface area contributed by atoms with Crippen molar-refractivity contribution in [2.45, 2.75) is 69.9 Å². The van der Waals surface area contributed by atoms with Gasteiger partial charge in [0.25, 0.3) is 0 Å². The minimum Gasteiger partial charge on any atom is -0.293 e. The highest BCUT2D eigenvalue weighted by Gasteiger charge is 2.40. The molecule has 0 unspecified atom stereocenters. The van der Waals surface area contributed by atoms with Crippen molar-refractivity contribution in [1.82, 2.24) is 14.0 Å². The van der Waals surface area contributed by atoms with E-state index in [-0.39, 0.29) is 23.2 Å². The molecule has 1 aliphatic carbocycles. The number of likely N-dealkylation sites (tertiary alicyclic amines) is 1. The van der Waals surface area contributed by atoms with E-state index in [1.54, 1.807) is 0 Å². The SMILES string of the molecule is CC(=O)n1c(=O)n(C2CCN(C3(c4ccccc4)CCCCCC3)CC2)c2ccccc21. The van der Waals surface area contributed by atoms with E-state index in [9.17, 15) is 9.59 Å². The Hall–Kier alpha value is -2.66. The molecular formula is C27H33N3O2. The Bertz CT molecular complexity index is 1140. The highest BCUT2D eigenvalue weighted by Crippen LogP contribution is 2.43. The second kappa shape index (κ2) is 8.70. The second-order valence-corrected chi connectivity index (χ2v) is 9.53. The number of benzene rings is 2. The van der Waals surface area contributed by atoms with Crippen molar-refractivity contribution < 1.29 is 4.79 Å². The van der Waals surface area contributed by atoms with Crippen molar-refractivity contribution in [3.63, 3.8) is 0 Å². The van der Waals surface area contributed by atoms with Gasteiger partial charge in [0.15, 0.2) is 0 Å². The highest BCUT2D eigenvalue weighted by atomic mass is 16.2. The number of hydrogen-bond donors (Lipinski definition) is 0. The summed E-state index contributed by atoms with van der Waals surface area (Å²) in [5.74, 6) is -0.219. The van der Waals surface area contributed by atoms with Gasteiger partial charge in [0.2, 0.25) is 5.91 Å². The summed E-state index contributed by atoms with van der Waals surface area (Å²) in [4.78, 5) is 28.1. The molecule has 2 aliphatic rings. The van der Waals surface area contributed by atoms with Gasteiger partial charge in [-0.15, -0.1) is 0 Å². The minimum absolute atomic E-state index is 0.112. The van der Waals surface area contributed by atoms with Gasteiger partial charge in [0.1, 0.15) is 0 Å². The van der Waals surface area contributed by atoms with Crippen LogP contribution in [0.15, 0.2) is 59.4 Å². The summed E-state index contributed by atoms with van der Waals surface area (Å²) in [5, 5.41) is 0. The first-order chi connectivity index (χ1) is 15.6. The third-order valence-corrected chi connectivity index (χ3v) is 7.77. The Balaban J connectivity index is 1.46. The first-order valence-corrected chi connectivity index (χ1v) is 12.2. The number of hydrogen-bond acceptors (Lipinski definition) is 3. The van der Waals surface area contributed by atoms with Gasteiger partial charge in [0, 0.05) is 31.6 Å². The lowest BCUT2D eigenvalue weighted by molar-refractivity contribution is 0.0355. The third-order valence-electron chi connectivity index (χ3n) is 7.77. The van der Waals surface area contributed by atoms with E-state index in [1.165, 1.54) is 55.6 Å². The van der Waals surface area contributed by atoms with Gasteiger partial charge >= 0.3 is 5.69 Å². The fourth-order valence-electron chi connectivity index (χ4n) is 6.23. The van der Waals surface area contributed by atoms with E-state index in [4.69, 9.17) is 0 Å². The molecule has 3 aromatic rings. The maximum Gasteiger partial charge on any atom is 0.336 e. The molecule has 0 bridgehead atoms. The molecule has 168 valence electrons. The van der Waals surface area contributed by atoms with Gasteiger partial charge in [-0.3, -0.25) is 14.3 Å². The molecule has 1 saturated carbocycles. The maximum atomic E-state index is 13.2. The van der Waals surface area contributed by atoms with E-state index in [0.717, 1.165) is 37.0 Å². The molecule has 0 amide bonds. The fourth-order valence-corrected chi connectivity index (χ4v) is 6.23. The van der Waals surface area contributed by atoms with Crippen LogP contribution in [0.5, 0.6) is 0 Å². The summed E-state index contributed by atoms with van der Waals surface area (Å²) >= 11 is 0. The maximum absolute atomic E-state index is 13.2. The smallest absolute Gasteiger partial charge is 0.293 e. The number of aromatic nitrogens is 2. The predicted molar refractivity (Wildman–Crippen MR) is 128 cm³/mol. The molecule has 1 saturated heterocycles. The van der Waals surface area contributed by atoms with Crippen molar-refractivity contribution in [3.05, 3.63) is 70.6 Å². The van der Waals surface area contributed by atoms with Crippen molar-refractivity contribution >= 4 is 16.9 Å². The van der Waals surface area contributed by atoms with E-state index in [2.05, 4.69) is 35.2 Å². The van der Waals surface area contributed by atoms with Gasteiger partial charge in [-0.1, -0.05) is 68.1 Å². The van der Waals surface area contributed by atoms with Crippen molar-refractivity contribution in [1.29, 1.82) is 0 Å². The summed E-state index contributed by atoms with van der Waals surface area (Å²) in [6, 6.07) is 18.9. The summed E-state index contributed by atoms with van der Waals surface area (Å²) in [7, 11) is 0. The number of rotatable bonds is 3. The van der Waals surface area contributed by atoms with Crippen LogP contribution in [0.1, 0.15) is 74.7 Å². The summed E-state index contributed by atoms with van der Waals surface area (Å²) in [6.45, 7) is 3.42. The van der Waals surface area contributed by atoms with Crippen LogP contribution in [0, 0.1) is 0 Å². The number of carbonyl (C=O) groups is 1. The van der Waals surface area contributed by atoms with Gasteiger partial charge in [-0.05, 0) is 43.4 Å². The molecule has 5 heteroatoms. The Morgan fingerprint density at radius 1 is 0.844 bits per heavy atom. The summed E-state index contributed by atoms with van der Waals surface area (Å²) < 4.78 is 3.22. The third kappa shape index (κ3) is 3.53. The Kier molecular flexibility index (Phi) is 5.76. The zero-order valence-electron chi connectivity index (χ0n) is 19.0. The molecule has 0 N–H and O–H groups in total. The van der Waals surface area contributed by atoms with Gasteiger partial charge in [0.05, 0.1) is 11.0 Å². The van der Waals surface area contributed by atoms with E-state index < -0.39 is 0 Å². The standard InChI is InChI=1S/C27H33N3O2/c1-21(31)29-24-13-7-8-14-25(24)30(26(29)32)23-15-19-28(20-16-23)27(17-9-2-3-10-18-27)22-11-5-4-6-12-22/h4-8,11-14,23H,2-3,9-10,15-20H2,1H3. The number of nitrogens with zero attached hydrogens (tertiary/aromatic N) is 3. The first-order valence-electron chi connectivity index (χ1n) is 12.2. The van der Waals surface area contributed by atoms with Crippen LogP contribution >= 0.6 is 0 Å². The highest BCUT2D eigenvalue weighted by molar-refractivity contribution is 5.89. The van der Waals surface area contributed by atoms with Gasteiger partial charge in [-0.25, -0.2) is 9.36 Å². The van der Waals surface area contributed by atoms with Crippen LogP contribution in [0.3, 0.4) is 0 Å². The molecular weight excluding hydrogens is 398 g/mol. The number of piperidine rings is 1. The van der Waals surface area contributed by atoms with E-state index in [0.29, 0.717) is 0 Å². The average molecular weight is 432 g/mol. The fraction of sp³-hybridized carbons (Fsp3) is 0.481. The topological polar surface area (TPSA) is 47.2 Å². The molecule has 5 rings (SSSR count). The van der Waals surface area contributed by atoms with Crippen molar-refractivity contribution in [2.75, 3.05) is 13.1 Å². The lowest BCUT2D eigenvalue weighted by Gasteiger charge is -2.47. The van der Waals surface area contributed by atoms with Crippen LogP contribution in [-0.2, 0) is 5.54 Å². The monoisotopic (exact) mass is 431 g/mol. The van der Waals surface area contributed by atoms with Gasteiger partial charge in [-0.2, -0.15) is 0 Å². The Morgan fingerprint density at radius 3 is 2.06 bits per heavy atom. The summed E-state index contributed by atoms with van der Waals surface area (Å²) in [5.41, 5.74) is 2.96. The van der Waals surface area contributed by atoms with Gasteiger partial charge < -0.3 is 0 Å². The molecule has 1 aromatic heterocycles. The minimum atomic E-state index is -0.219. The average Bonchev–Trinajstić information content (AvgIpc) is 2.95. The van der Waals surface area contributed by atoms with Crippen LogP contribution < -0.4 is 5.69 Å². The molecule has 2 heterocycles. The molecule has 2 fully saturated rings. The Morgan fingerprint density at radius 2 is 1.44 bits per heavy atom. The zero-order valence-corrected chi connectivity index (χ0v) is 19.0. The van der Waals surface area contributed by atoms with Crippen molar-refractivity contribution in [3.8, 4) is 0 Å². The molecule has 0 radical (unpaired) electrons. The van der Waals surface area contributed by atoms with Crippen LogP contribution in [0.25, 0.3) is 11.0 Å². The number of imidazole rings is 1. The quantitative estimate of drug-likeness (QED) is 0.525. The van der Waals surface area contributed by atoms with Crippen LogP contribution in [0.4, 0.5) is 0 Å². The van der Waals surface area contributed by atoms with Crippen LogP contribution in [0.2, 0.25) is 0 Å². The second-order valence-electron chi connectivity index (χ2n) is 9.53. The largest absolute Gasteiger partial charge is 0.336 e. The van der Waals surface area contributed by atoms with E-state index in [1.807, 2.05) is 28.8 Å². The lowest BCUT2D eigenvalue weighted by Crippen LogP contribution is -2.50. The molecule has 0 atom stereocenters. The van der Waals surface area contributed by atoms with Crippen LogP contribution in [-0.4, -0.2) is 33.0 Å². The lowest BCUT2D eigenvalue weighted by atomic mass is 9.79. The molecule has 2 aromatic carbocycles. The Labute approximate surface area is 189 Å². The van der Waals surface area contributed by atoms with Crippen molar-refractivity contribution in [2.24, 2.45) is 0 Å². The summed E-state index contributed by atoms with van der Waals surface area (Å²) in [6.07, 6.45) is 9.49. The number of carbonyl (C=O) groups excluding carboxylic acids is 1. The molecule has 1 aliphatic heterocycles.